The van der Waals surface area contributed by atoms with E-state index in [0.29, 0.717) is 0 Å². The third-order valence-electron chi connectivity index (χ3n) is 3.19. The smallest absolute Gasteiger partial charge is 0.160 e. The molecule has 2 aromatic heterocycles. The SMILES string of the molecule is Cc1cccc2nnc(CC3CCSC3)n12. The van der Waals surface area contributed by atoms with Crippen LogP contribution in [0.5, 0.6) is 0 Å². The van der Waals surface area contributed by atoms with Gasteiger partial charge in [0.25, 0.3) is 0 Å². The van der Waals surface area contributed by atoms with E-state index >= 15 is 0 Å². The lowest BCUT2D eigenvalue weighted by Gasteiger charge is -2.07. The zero-order chi connectivity index (χ0) is 11.0. The Morgan fingerprint density at radius 1 is 1.44 bits per heavy atom. The lowest BCUT2D eigenvalue weighted by atomic mass is 10.1. The molecule has 1 fully saturated rings. The van der Waals surface area contributed by atoms with E-state index in [4.69, 9.17) is 0 Å². The molecule has 1 saturated heterocycles. The second kappa shape index (κ2) is 4.09. The second-order valence-electron chi connectivity index (χ2n) is 4.41. The van der Waals surface area contributed by atoms with E-state index in [0.717, 1.165) is 23.8 Å². The van der Waals surface area contributed by atoms with Gasteiger partial charge in [-0.05, 0) is 42.9 Å². The summed E-state index contributed by atoms with van der Waals surface area (Å²) in [5.74, 6) is 4.50. The van der Waals surface area contributed by atoms with Crippen molar-refractivity contribution in [1.29, 1.82) is 0 Å². The Morgan fingerprint density at radius 3 is 3.19 bits per heavy atom. The van der Waals surface area contributed by atoms with Crippen LogP contribution in [-0.2, 0) is 6.42 Å². The maximum absolute atomic E-state index is 4.32. The molecule has 84 valence electrons. The number of hydrogen-bond acceptors (Lipinski definition) is 3. The zero-order valence-electron chi connectivity index (χ0n) is 9.39. The Morgan fingerprint density at radius 2 is 2.38 bits per heavy atom. The largest absolute Gasteiger partial charge is 0.284 e. The van der Waals surface area contributed by atoms with Crippen molar-refractivity contribution >= 4 is 17.4 Å². The first-order chi connectivity index (χ1) is 7.84. The summed E-state index contributed by atoms with van der Waals surface area (Å²) in [7, 11) is 0. The molecule has 1 aliphatic rings. The Bertz CT molecular complexity index is 500. The van der Waals surface area contributed by atoms with E-state index in [9.17, 15) is 0 Å². The van der Waals surface area contributed by atoms with Crippen LogP contribution in [0.3, 0.4) is 0 Å². The van der Waals surface area contributed by atoms with Gasteiger partial charge >= 0.3 is 0 Å². The third-order valence-corrected chi connectivity index (χ3v) is 4.42. The fourth-order valence-electron chi connectivity index (χ4n) is 2.31. The summed E-state index contributed by atoms with van der Waals surface area (Å²) >= 11 is 2.06. The van der Waals surface area contributed by atoms with Gasteiger partial charge in [-0.1, -0.05) is 6.07 Å². The summed E-state index contributed by atoms with van der Waals surface area (Å²) in [5.41, 5.74) is 2.20. The Labute approximate surface area is 99.3 Å². The monoisotopic (exact) mass is 233 g/mol. The number of thioether (sulfide) groups is 1. The first-order valence-electron chi connectivity index (χ1n) is 5.72. The highest BCUT2D eigenvalue weighted by atomic mass is 32.2. The van der Waals surface area contributed by atoms with E-state index in [1.807, 2.05) is 12.1 Å². The Balaban J connectivity index is 1.97. The van der Waals surface area contributed by atoms with E-state index < -0.39 is 0 Å². The normalized spacial score (nSPS) is 20.7. The van der Waals surface area contributed by atoms with Gasteiger partial charge in [-0.2, -0.15) is 11.8 Å². The molecule has 3 nitrogen and oxygen atoms in total. The van der Waals surface area contributed by atoms with Gasteiger partial charge in [-0.15, -0.1) is 10.2 Å². The molecule has 0 saturated carbocycles. The molecule has 0 N–H and O–H groups in total. The highest BCUT2D eigenvalue weighted by Crippen LogP contribution is 2.26. The van der Waals surface area contributed by atoms with Crippen LogP contribution in [0.15, 0.2) is 18.2 Å². The van der Waals surface area contributed by atoms with Crippen molar-refractivity contribution < 1.29 is 0 Å². The maximum atomic E-state index is 4.32. The molecule has 1 unspecified atom stereocenters. The molecule has 0 bridgehead atoms. The Hall–Kier alpha value is -1.03. The highest BCUT2D eigenvalue weighted by molar-refractivity contribution is 7.99. The predicted octanol–water partition coefficient (Wildman–Crippen LogP) is 2.33. The number of aromatic nitrogens is 3. The second-order valence-corrected chi connectivity index (χ2v) is 5.56. The average Bonchev–Trinajstić information content (AvgIpc) is 2.90. The number of hydrogen-bond donors (Lipinski definition) is 0. The van der Waals surface area contributed by atoms with Crippen molar-refractivity contribution in [1.82, 2.24) is 14.6 Å². The van der Waals surface area contributed by atoms with Gasteiger partial charge in [0.2, 0.25) is 0 Å². The van der Waals surface area contributed by atoms with Gasteiger partial charge in [0.1, 0.15) is 5.82 Å². The molecule has 0 amide bonds. The van der Waals surface area contributed by atoms with Gasteiger partial charge in [0.15, 0.2) is 5.65 Å². The minimum absolute atomic E-state index is 0.789. The molecule has 0 aromatic carbocycles. The van der Waals surface area contributed by atoms with Crippen molar-refractivity contribution in [2.75, 3.05) is 11.5 Å². The van der Waals surface area contributed by atoms with Crippen molar-refractivity contribution in [3.05, 3.63) is 29.7 Å². The topological polar surface area (TPSA) is 30.2 Å². The number of nitrogens with zero attached hydrogens (tertiary/aromatic N) is 3. The quantitative estimate of drug-likeness (QED) is 0.797. The van der Waals surface area contributed by atoms with Crippen LogP contribution in [0.2, 0.25) is 0 Å². The lowest BCUT2D eigenvalue weighted by molar-refractivity contribution is 0.571. The first-order valence-corrected chi connectivity index (χ1v) is 6.87. The molecular weight excluding hydrogens is 218 g/mol. The van der Waals surface area contributed by atoms with Gasteiger partial charge in [0, 0.05) is 12.1 Å². The minimum Gasteiger partial charge on any atom is -0.284 e. The van der Waals surface area contributed by atoms with Crippen LogP contribution >= 0.6 is 11.8 Å². The van der Waals surface area contributed by atoms with Crippen molar-refractivity contribution in [2.24, 2.45) is 5.92 Å². The molecule has 16 heavy (non-hydrogen) atoms. The standard InChI is InChI=1S/C12H15N3S/c1-9-3-2-4-11-13-14-12(15(9)11)7-10-5-6-16-8-10/h2-4,10H,5-8H2,1H3. The molecule has 0 aliphatic carbocycles. The summed E-state index contributed by atoms with van der Waals surface area (Å²) in [5, 5.41) is 8.55. The molecule has 1 aliphatic heterocycles. The van der Waals surface area contributed by atoms with Crippen molar-refractivity contribution in [3.8, 4) is 0 Å². The van der Waals surface area contributed by atoms with E-state index in [1.54, 1.807) is 0 Å². The van der Waals surface area contributed by atoms with Gasteiger partial charge in [-0.25, -0.2) is 0 Å². The fourth-order valence-corrected chi connectivity index (χ4v) is 3.59. The number of fused-ring (bicyclic) bond motifs is 1. The molecule has 0 spiro atoms. The van der Waals surface area contributed by atoms with E-state index in [-0.39, 0.29) is 0 Å². The fraction of sp³-hybridized carbons (Fsp3) is 0.500. The van der Waals surface area contributed by atoms with Crippen LogP contribution in [0.4, 0.5) is 0 Å². The molecule has 3 heterocycles. The van der Waals surface area contributed by atoms with Crippen LogP contribution in [0.25, 0.3) is 5.65 Å². The predicted molar refractivity (Wildman–Crippen MR) is 66.9 cm³/mol. The van der Waals surface area contributed by atoms with Gasteiger partial charge in [0.05, 0.1) is 0 Å². The van der Waals surface area contributed by atoms with E-state index in [2.05, 4.69) is 39.4 Å². The van der Waals surface area contributed by atoms with E-state index in [1.165, 1.54) is 23.6 Å². The van der Waals surface area contributed by atoms with Gasteiger partial charge in [-0.3, -0.25) is 4.40 Å². The summed E-state index contributed by atoms with van der Waals surface area (Å²) in [6, 6.07) is 6.17. The summed E-state index contributed by atoms with van der Waals surface area (Å²) in [4.78, 5) is 0. The zero-order valence-corrected chi connectivity index (χ0v) is 10.2. The maximum Gasteiger partial charge on any atom is 0.160 e. The minimum atomic E-state index is 0.789. The first kappa shape index (κ1) is 10.1. The van der Waals surface area contributed by atoms with Crippen LogP contribution in [0, 0.1) is 12.8 Å². The molecular formula is C12H15N3S. The molecule has 4 heteroatoms. The van der Waals surface area contributed by atoms with Crippen molar-refractivity contribution in [2.45, 2.75) is 19.8 Å². The van der Waals surface area contributed by atoms with Crippen LogP contribution < -0.4 is 0 Å². The van der Waals surface area contributed by atoms with Crippen LogP contribution in [-0.4, -0.2) is 26.1 Å². The molecule has 3 rings (SSSR count). The van der Waals surface area contributed by atoms with Crippen molar-refractivity contribution in [3.63, 3.8) is 0 Å². The molecule has 1 atom stereocenters. The summed E-state index contributed by atoms with van der Waals surface area (Å²) in [6.45, 7) is 2.11. The number of pyridine rings is 1. The average molecular weight is 233 g/mol. The third kappa shape index (κ3) is 1.71. The number of aryl methyl sites for hydroxylation is 1. The molecule has 0 radical (unpaired) electrons. The lowest BCUT2D eigenvalue weighted by Crippen LogP contribution is -2.07. The van der Waals surface area contributed by atoms with Gasteiger partial charge < -0.3 is 0 Å². The number of rotatable bonds is 2. The summed E-state index contributed by atoms with van der Waals surface area (Å²) < 4.78 is 2.18. The molecule has 2 aromatic rings. The summed E-state index contributed by atoms with van der Waals surface area (Å²) in [6.07, 6.45) is 2.39. The highest BCUT2D eigenvalue weighted by Gasteiger charge is 2.19. The Kier molecular flexibility index (Phi) is 2.59. The van der Waals surface area contributed by atoms with Crippen LogP contribution in [0.1, 0.15) is 17.9 Å².